The Kier molecular flexibility index (Phi) is 5.90. The van der Waals surface area contributed by atoms with Gasteiger partial charge in [-0.05, 0) is 24.5 Å². The fourth-order valence-corrected chi connectivity index (χ4v) is 5.14. The molecule has 0 aliphatic carbocycles. The molecule has 1 atom stereocenters. The molecule has 0 aliphatic heterocycles. The van der Waals surface area contributed by atoms with E-state index in [2.05, 4.69) is 32.3 Å². The molecule has 1 unspecified atom stereocenters. The first-order valence-corrected chi connectivity index (χ1v) is 12.8. The first kappa shape index (κ1) is 24.1. The van der Waals surface area contributed by atoms with Gasteiger partial charge in [-0.3, -0.25) is 14.3 Å². The summed E-state index contributed by atoms with van der Waals surface area (Å²) in [5.74, 6) is 5.71. The predicted octanol–water partition coefficient (Wildman–Crippen LogP) is 2.67. The molecule has 0 fully saturated rings. The summed E-state index contributed by atoms with van der Waals surface area (Å²) in [6.45, 7) is 1.77. The number of hydrogen-bond acceptors (Lipinski definition) is 8. The Labute approximate surface area is 225 Å². The van der Waals surface area contributed by atoms with Crippen LogP contribution in [-0.4, -0.2) is 39.7 Å². The molecular formula is C27H21N9O2S. The first-order valence-electron chi connectivity index (χ1n) is 11.9. The number of carbonyl (C=O) groups excluding carboxylic acids is 1. The van der Waals surface area contributed by atoms with Gasteiger partial charge < -0.3 is 11.1 Å². The summed E-state index contributed by atoms with van der Waals surface area (Å²) in [5, 5.41) is 13.0. The molecule has 192 valence electrons. The molecule has 0 saturated carbocycles. The van der Waals surface area contributed by atoms with Crippen LogP contribution in [0, 0.1) is 11.8 Å². The van der Waals surface area contributed by atoms with Gasteiger partial charge in [0, 0.05) is 31.0 Å². The molecule has 1 aromatic carbocycles. The van der Waals surface area contributed by atoms with Gasteiger partial charge in [0.2, 0.25) is 0 Å². The van der Waals surface area contributed by atoms with Gasteiger partial charge in [-0.15, -0.1) is 16.4 Å². The number of nitrogens with zero attached hydrogens (tertiary/aromatic N) is 7. The average molecular weight is 536 g/mol. The minimum absolute atomic E-state index is 0.0558. The SMILES string of the molecule is CC(NC(=O)c1c(N)nn2cccnc12)c1nc2scc(C#Cc3cnn(C)c3)n2c(=O)c1-c1ccccc1. The van der Waals surface area contributed by atoms with Crippen LogP contribution in [0.2, 0.25) is 0 Å². The van der Waals surface area contributed by atoms with Crippen LogP contribution in [-0.2, 0) is 7.05 Å². The number of thiazole rings is 1. The summed E-state index contributed by atoms with van der Waals surface area (Å²) < 4.78 is 4.61. The van der Waals surface area contributed by atoms with Crippen molar-refractivity contribution in [1.82, 2.24) is 39.1 Å². The van der Waals surface area contributed by atoms with Crippen LogP contribution in [0.3, 0.4) is 0 Å². The van der Waals surface area contributed by atoms with E-state index in [1.165, 1.54) is 20.3 Å². The van der Waals surface area contributed by atoms with E-state index in [1.807, 2.05) is 37.4 Å². The highest BCUT2D eigenvalue weighted by Gasteiger charge is 2.25. The van der Waals surface area contributed by atoms with Crippen LogP contribution in [0.1, 0.15) is 40.3 Å². The van der Waals surface area contributed by atoms with Crippen molar-refractivity contribution >= 4 is 33.7 Å². The standard InChI is InChI=1S/C27H21N9O2S/c1-16(31-25(37)21-23(28)33-35-12-6-11-29-24(21)35)22-20(18-7-4-3-5-8-18)26(38)36-19(15-39-27(36)32-22)10-9-17-13-30-34(2)14-17/h3-8,11-16H,1-2H3,(H2,28,33)(H,31,37). The van der Waals surface area contributed by atoms with Crippen molar-refractivity contribution in [2.45, 2.75) is 13.0 Å². The fourth-order valence-electron chi connectivity index (χ4n) is 4.33. The molecule has 6 aromatic rings. The maximum Gasteiger partial charge on any atom is 0.267 e. The molecule has 5 aromatic heterocycles. The quantitative estimate of drug-likeness (QED) is 0.331. The summed E-state index contributed by atoms with van der Waals surface area (Å²) in [5.41, 5.74) is 8.98. The van der Waals surface area contributed by atoms with Gasteiger partial charge >= 0.3 is 0 Å². The lowest BCUT2D eigenvalue weighted by molar-refractivity contribution is 0.0941. The first-order chi connectivity index (χ1) is 18.9. The number of aromatic nitrogens is 7. The van der Waals surface area contributed by atoms with E-state index in [0.717, 1.165) is 5.56 Å². The van der Waals surface area contributed by atoms with Gasteiger partial charge in [0.1, 0.15) is 11.3 Å². The minimum Gasteiger partial charge on any atom is -0.381 e. The number of benzene rings is 1. The normalized spacial score (nSPS) is 11.8. The second-order valence-electron chi connectivity index (χ2n) is 8.78. The van der Waals surface area contributed by atoms with Crippen molar-refractivity contribution in [1.29, 1.82) is 0 Å². The lowest BCUT2D eigenvalue weighted by Crippen LogP contribution is -2.30. The average Bonchev–Trinajstić information content (AvgIpc) is 3.63. The lowest BCUT2D eigenvalue weighted by atomic mass is 10.0. The largest absolute Gasteiger partial charge is 0.381 e. The number of hydrogen-bond donors (Lipinski definition) is 2. The van der Waals surface area contributed by atoms with E-state index in [1.54, 1.807) is 47.8 Å². The molecule has 0 spiro atoms. The molecule has 0 bridgehead atoms. The topological polar surface area (TPSA) is 138 Å². The van der Waals surface area contributed by atoms with E-state index in [4.69, 9.17) is 10.7 Å². The van der Waals surface area contributed by atoms with E-state index >= 15 is 0 Å². The summed E-state index contributed by atoms with van der Waals surface area (Å²) >= 11 is 1.30. The van der Waals surface area contributed by atoms with Crippen molar-refractivity contribution in [3.63, 3.8) is 0 Å². The fraction of sp³-hybridized carbons (Fsp3) is 0.111. The number of fused-ring (bicyclic) bond motifs is 2. The van der Waals surface area contributed by atoms with Gasteiger partial charge in [-0.25, -0.2) is 18.9 Å². The smallest absolute Gasteiger partial charge is 0.267 e. The van der Waals surface area contributed by atoms with Crippen molar-refractivity contribution in [3.05, 3.63) is 99.4 Å². The summed E-state index contributed by atoms with van der Waals surface area (Å²) in [7, 11) is 1.81. The predicted molar refractivity (Wildman–Crippen MR) is 147 cm³/mol. The number of aryl methyl sites for hydroxylation is 1. The Hall–Kier alpha value is -5.28. The van der Waals surface area contributed by atoms with Crippen molar-refractivity contribution < 1.29 is 4.79 Å². The number of amides is 1. The Morgan fingerprint density at radius 2 is 2.00 bits per heavy atom. The zero-order valence-electron chi connectivity index (χ0n) is 20.9. The third-order valence-electron chi connectivity index (χ3n) is 6.11. The molecule has 0 radical (unpaired) electrons. The second-order valence-corrected chi connectivity index (χ2v) is 9.61. The van der Waals surface area contributed by atoms with Crippen LogP contribution < -0.4 is 16.6 Å². The maximum absolute atomic E-state index is 14.0. The minimum atomic E-state index is -0.643. The van der Waals surface area contributed by atoms with Crippen LogP contribution >= 0.6 is 11.3 Å². The van der Waals surface area contributed by atoms with E-state index in [9.17, 15) is 9.59 Å². The molecule has 0 saturated heterocycles. The van der Waals surface area contributed by atoms with Crippen LogP contribution in [0.25, 0.3) is 21.7 Å². The van der Waals surface area contributed by atoms with E-state index in [-0.39, 0.29) is 16.9 Å². The highest BCUT2D eigenvalue weighted by atomic mass is 32.1. The molecule has 3 N–H and O–H groups in total. The second kappa shape index (κ2) is 9.55. The van der Waals surface area contributed by atoms with Crippen molar-refractivity contribution in [3.8, 4) is 23.0 Å². The molecule has 0 aliphatic rings. The number of anilines is 1. The van der Waals surface area contributed by atoms with Gasteiger partial charge in [-0.1, -0.05) is 36.3 Å². The van der Waals surface area contributed by atoms with E-state index in [0.29, 0.717) is 33.1 Å². The number of nitrogen functional groups attached to an aromatic ring is 1. The van der Waals surface area contributed by atoms with Crippen LogP contribution in [0.5, 0.6) is 0 Å². The Morgan fingerprint density at radius 1 is 1.18 bits per heavy atom. The highest BCUT2D eigenvalue weighted by molar-refractivity contribution is 7.15. The zero-order valence-corrected chi connectivity index (χ0v) is 21.7. The maximum atomic E-state index is 14.0. The molecular weight excluding hydrogens is 514 g/mol. The molecule has 11 nitrogen and oxygen atoms in total. The van der Waals surface area contributed by atoms with Gasteiger partial charge in [0.05, 0.1) is 29.1 Å². The molecule has 5 heterocycles. The highest BCUT2D eigenvalue weighted by Crippen LogP contribution is 2.27. The van der Waals surface area contributed by atoms with E-state index < -0.39 is 11.9 Å². The molecule has 12 heteroatoms. The molecule has 39 heavy (non-hydrogen) atoms. The Morgan fingerprint density at radius 3 is 2.77 bits per heavy atom. The Balaban J connectivity index is 1.45. The number of rotatable bonds is 4. The third kappa shape index (κ3) is 4.30. The van der Waals surface area contributed by atoms with Gasteiger partial charge in [0.15, 0.2) is 16.4 Å². The van der Waals surface area contributed by atoms with Gasteiger partial charge in [0.25, 0.3) is 11.5 Å². The van der Waals surface area contributed by atoms with Gasteiger partial charge in [-0.2, -0.15) is 5.10 Å². The number of carbonyl (C=O) groups is 1. The number of nitrogens with two attached hydrogens (primary N) is 1. The van der Waals surface area contributed by atoms with Crippen molar-refractivity contribution in [2.75, 3.05) is 5.73 Å². The third-order valence-corrected chi connectivity index (χ3v) is 6.93. The number of nitrogens with one attached hydrogen (secondary N) is 1. The Bertz CT molecular complexity index is 1990. The molecule has 6 rings (SSSR count). The summed E-state index contributed by atoms with van der Waals surface area (Å²) in [6.07, 6.45) is 6.68. The monoisotopic (exact) mass is 535 g/mol. The lowest BCUT2D eigenvalue weighted by Gasteiger charge is -2.17. The zero-order chi connectivity index (χ0) is 27.1. The van der Waals surface area contributed by atoms with Crippen molar-refractivity contribution in [2.24, 2.45) is 7.05 Å². The molecule has 1 amide bonds. The van der Waals surface area contributed by atoms with Crippen LogP contribution in [0.15, 0.2) is 71.4 Å². The summed E-state index contributed by atoms with van der Waals surface area (Å²) in [6, 6.07) is 10.3. The summed E-state index contributed by atoms with van der Waals surface area (Å²) in [4.78, 5) is 36.8. The van der Waals surface area contributed by atoms with Crippen LogP contribution in [0.4, 0.5) is 5.82 Å².